The molecule has 5 heteroatoms. The maximum Gasteiger partial charge on any atom is 0.103 e. The van der Waals surface area contributed by atoms with Gasteiger partial charge >= 0.3 is 0 Å². The highest BCUT2D eigenvalue weighted by atomic mass is 16.3. The lowest BCUT2D eigenvalue weighted by Crippen LogP contribution is -2.22. The average Bonchev–Trinajstić information content (AvgIpc) is 2.61. The fourth-order valence-corrected chi connectivity index (χ4v) is 1.80. The Morgan fingerprint density at radius 3 is 3.14 bits per heavy atom. The minimum atomic E-state index is -0.531. The van der Waals surface area contributed by atoms with Gasteiger partial charge in [-0.1, -0.05) is 6.07 Å². The van der Waals surface area contributed by atoms with Gasteiger partial charge < -0.3 is 5.11 Å². The van der Waals surface area contributed by atoms with Gasteiger partial charge in [0.1, 0.15) is 6.04 Å². The summed E-state index contributed by atoms with van der Waals surface area (Å²) < 4.78 is 0. The van der Waals surface area contributed by atoms with Crippen LogP contribution in [-0.2, 0) is 0 Å². The molecule has 0 saturated carbocycles. The van der Waals surface area contributed by atoms with Gasteiger partial charge in [-0.05, 0) is 18.1 Å². The van der Waals surface area contributed by atoms with E-state index in [0.717, 1.165) is 5.56 Å². The van der Waals surface area contributed by atoms with E-state index in [-0.39, 0.29) is 6.04 Å². The number of rotatable bonds is 2. The Morgan fingerprint density at radius 2 is 2.50 bits per heavy atom. The molecule has 1 aromatic heterocycles. The van der Waals surface area contributed by atoms with Gasteiger partial charge in [0.2, 0.25) is 0 Å². The number of nitroso groups, excluding NO2 is 1. The van der Waals surface area contributed by atoms with Gasteiger partial charge in [0.15, 0.2) is 0 Å². The Kier molecular flexibility index (Phi) is 2.41. The minimum absolute atomic E-state index is 0.332. The zero-order valence-electron chi connectivity index (χ0n) is 7.58. The van der Waals surface area contributed by atoms with E-state index in [1.807, 2.05) is 6.07 Å². The first-order chi connectivity index (χ1) is 6.83. The zero-order chi connectivity index (χ0) is 9.97. The molecule has 1 N–H and O–H groups in total. The van der Waals surface area contributed by atoms with Gasteiger partial charge in [-0.2, -0.15) is 0 Å². The molecular formula is C9H11N3O2. The quantitative estimate of drug-likeness (QED) is 0.708. The van der Waals surface area contributed by atoms with E-state index in [0.29, 0.717) is 13.0 Å². The largest absolute Gasteiger partial charge is 0.390 e. The van der Waals surface area contributed by atoms with Crippen LogP contribution in [-0.4, -0.2) is 27.7 Å². The number of aromatic nitrogens is 1. The lowest BCUT2D eigenvalue weighted by molar-refractivity contribution is 0.117. The third kappa shape index (κ3) is 1.46. The number of hydrogen-bond acceptors (Lipinski definition) is 4. The van der Waals surface area contributed by atoms with E-state index in [2.05, 4.69) is 10.3 Å². The molecule has 1 saturated heterocycles. The number of aliphatic hydroxyl groups is 1. The highest BCUT2D eigenvalue weighted by Crippen LogP contribution is 2.31. The van der Waals surface area contributed by atoms with Gasteiger partial charge in [-0.15, -0.1) is 4.91 Å². The summed E-state index contributed by atoms with van der Waals surface area (Å²) in [5.41, 5.74) is 0.831. The molecule has 74 valence electrons. The van der Waals surface area contributed by atoms with E-state index >= 15 is 0 Å². The summed E-state index contributed by atoms with van der Waals surface area (Å²) in [6, 6.07) is 3.29. The second-order valence-corrected chi connectivity index (χ2v) is 3.33. The number of hydrogen-bond donors (Lipinski definition) is 1. The summed E-state index contributed by atoms with van der Waals surface area (Å²) in [5, 5.41) is 13.9. The van der Waals surface area contributed by atoms with Crippen molar-refractivity contribution in [2.24, 2.45) is 5.29 Å². The highest BCUT2D eigenvalue weighted by molar-refractivity contribution is 5.17. The molecule has 1 aliphatic heterocycles. The third-order valence-corrected chi connectivity index (χ3v) is 2.47. The van der Waals surface area contributed by atoms with Crippen LogP contribution in [0.1, 0.15) is 18.0 Å². The molecule has 0 amide bonds. The predicted molar refractivity (Wildman–Crippen MR) is 50.1 cm³/mol. The summed E-state index contributed by atoms with van der Waals surface area (Å²) in [6.07, 6.45) is 3.35. The van der Waals surface area contributed by atoms with Crippen molar-refractivity contribution < 1.29 is 5.11 Å². The van der Waals surface area contributed by atoms with E-state index in [1.54, 1.807) is 18.5 Å². The van der Waals surface area contributed by atoms with Crippen molar-refractivity contribution in [3.63, 3.8) is 0 Å². The Labute approximate surface area is 81.3 Å². The summed E-state index contributed by atoms with van der Waals surface area (Å²) in [4.78, 5) is 14.4. The van der Waals surface area contributed by atoms with Crippen LogP contribution in [0.25, 0.3) is 0 Å². The molecule has 0 aliphatic carbocycles. The molecule has 0 unspecified atom stereocenters. The molecule has 2 atom stereocenters. The van der Waals surface area contributed by atoms with Crippen molar-refractivity contribution in [3.8, 4) is 0 Å². The molecule has 0 bridgehead atoms. The molecule has 2 rings (SSSR count). The molecule has 0 radical (unpaired) electrons. The fourth-order valence-electron chi connectivity index (χ4n) is 1.80. The van der Waals surface area contributed by atoms with Gasteiger partial charge in [0.05, 0.1) is 11.4 Å². The molecular weight excluding hydrogens is 182 g/mol. The molecule has 14 heavy (non-hydrogen) atoms. The van der Waals surface area contributed by atoms with Gasteiger partial charge in [0.25, 0.3) is 0 Å². The van der Waals surface area contributed by atoms with Crippen LogP contribution in [0.4, 0.5) is 0 Å². The molecule has 1 aliphatic rings. The van der Waals surface area contributed by atoms with Crippen LogP contribution in [0.2, 0.25) is 0 Å². The van der Waals surface area contributed by atoms with Crippen LogP contribution in [0.3, 0.4) is 0 Å². The van der Waals surface area contributed by atoms with E-state index < -0.39 is 6.10 Å². The van der Waals surface area contributed by atoms with Crippen LogP contribution in [0.5, 0.6) is 0 Å². The summed E-state index contributed by atoms with van der Waals surface area (Å²) >= 11 is 0. The number of pyridine rings is 1. The van der Waals surface area contributed by atoms with Crippen molar-refractivity contribution in [2.45, 2.75) is 18.6 Å². The topological polar surface area (TPSA) is 65.8 Å². The molecule has 2 heterocycles. The predicted octanol–water partition coefficient (Wildman–Crippen LogP) is 0.871. The van der Waals surface area contributed by atoms with E-state index in [4.69, 9.17) is 0 Å². The number of nitrogens with zero attached hydrogens (tertiary/aromatic N) is 3. The zero-order valence-corrected chi connectivity index (χ0v) is 7.58. The van der Waals surface area contributed by atoms with Crippen molar-refractivity contribution >= 4 is 0 Å². The SMILES string of the molecule is O=NN1CC[C@H](O)[C@@H]1c1cccnc1. The van der Waals surface area contributed by atoms with Gasteiger partial charge in [-0.3, -0.25) is 9.99 Å². The Hall–Kier alpha value is -1.49. The lowest BCUT2D eigenvalue weighted by Gasteiger charge is -2.20. The summed E-state index contributed by atoms with van der Waals surface area (Å²) in [7, 11) is 0. The highest BCUT2D eigenvalue weighted by Gasteiger charge is 2.34. The first kappa shape index (κ1) is 9.08. The number of aliphatic hydroxyl groups excluding tert-OH is 1. The second-order valence-electron chi connectivity index (χ2n) is 3.33. The second kappa shape index (κ2) is 3.71. The molecule has 0 spiro atoms. The molecule has 1 aromatic rings. The van der Waals surface area contributed by atoms with Crippen LogP contribution >= 0.6 is 0 Å². The Morgan fingerprint density at radius 1 is 1.64 bits per heavy atom. The standard InChI is InChI=1S/C9H11N3O2/c13-8-3-5-12(11-14)9(8)7-2-1-4-10-6-7/h1-2,4,6,8-9,13H,3,5H2/t8-,9-/m0/s1. The average molecular weight is 193 g/mol. The summed E-state index contributed by atoms with van der Waals surface area (Å²) in [6.45, 7) is 0.504. The molecule has 0 aromatic carbocycles. The van der Waals surface area contributed by atoms with Crippen molar-refractivity contribution in [1.82, 2.24) is 9.99 Å². The monoisotopic (exact) mass is 193 g/mol. The first-order valence-electron chi connectivity index (χ1n) is 4.51. The fraction of sp³-hybridized carbons (Fsp3) is 0.444. The summed E-state index contributed by atoms with van der Waals surface area (Å²) in [5.74, 6) is 0. The molecule has 5 nitrogen and oxygen atoms in total. The van der Waals surface area contributed by atoms with Crippen LogP contribution < -0.4 is 0 Å². The first-order valence-corrected chi connectivity index (χ1v) is 4.51. The Bertz CT molecular complexity index is 317. The van der Waals surface area contributed by atoms with Gasteiger partial charge in [-0.25, -0.2) is 0 Å². The van der Waals surface area contributed by atoms with Gasteiger partial charge in [0, 0.05) is 18.9 Å². The minimum Gasteiger partial charge on any atom is -0.390 e. The van der Waals surface area contributed by atoms with Crippen molar-refractivity contribution in [3.05, 3.63) is 35.0 Å². The van der Waals surface area contributed by atoms with E-state index in [1.165, 1.54) is 5.01 Å². The Balaban J connectivity index is 2.27. The maximum absolute atomic E-state index is 10.5. The molecule has 1 fully saturated rings. The van der Waals surface area contributed by atoms with Crippen molar-refractivity contribution in [2.75, 3.05) is 6.54 Å². The normalized spacial score (nSPS) is 26.5. The maximum atomic E-state index is 10.5. The lowest BCUT2D eigenvalue weighted by atomic mass is 10.1. The van der Waals surface area contributed by atoms with Crippen molar-refractivity contribution in [1.29, 1.82) is 0 Å². The smallest absolute Gasteiger partial charge is 0.103 e. The third-order valence-electron chi connectivity index (χ3n) is 2.47. The van der Waals surface area contributed by atoms with E-state index in [9.17, 15) is 10.0 Å². The van der Waals surface area contributed by atoms with Crippen LogP contribution in [0, 0.1) is 4.91 Å². The van der Waals surface area contributed by atoms with Crippen LogP contribution in [0.15, 0.2) is 29.8 Å².